The number of sulfonamides is 1. The molecule has 1 saturated heterocycles. The third kappa shape index (κ3) is 3.94. The van der Waals surface area contributed by atoms with E-state index >= 15 is 0 Å². The lowest BCUT2D eigenvalue weighted by Gasteiger charge is -2.26. The fraction of sp³-hybridized carbons (Fsp3) is 0.333. The first-order valence-corrected chi connectivity index (χ1v) is 10.8. The van der Waals surface area contributed by atoms with Crippen LogP contribution in [-0.4, -0.2) is 69.5 Å². The molecule has 3 aromatic rings. The Morgan fingerprint density at radius 2 is 2.00 bits per heavy atom. The van der Waals surface area contributed by atoms with Gasteiger partial charge in [-0.15, -0.1) is 0 Å². The van der Waals surface area contributed by atoms with Crippen molar-refractivity contribution in [3.05, 3.63) is 47.9 Å². The van der Waals surface area contributed by atoms with Crippen LogP contribution in [0, 0.1) is 12.7 Å². The molecule has 0 spiro atoms. The van der Waals surface area contributed by atoms with E-state index in [1.165, 1.54) is 28.1 Å². The number of hydrogen-bond donors (Lipinski definition) is 1. The Labute approximate surface area is 177 Å². The summed E-state index contributed by atoms with van der Waals surface area (Å²) in [4.78, 5) is 16.3. The quantitative estimate of drug-likeness (QED) is 0.609. The van der Waals surface area contributed by atoms with E-state index in [1.54, 1.807) is 14.0 Å². The Hall–Kier alpha value is -3.16. The largest absolute Gasteiger partial charge is 0.379 e. The molecule has 11 nitrogen and oxygen atoms in total. The molecule has 0 atom stereocenters. The van der Waals surface area contributed by atoms with E-state index in [0.717, 1.165) is 16.4 Å². The van der Waals surface area contributed by atoms with Crippen molar-refractivity contribution in [2.24, 2.45) is 7.05 Å². The second-order valence-corrected chi connectivity index (χ2v) is 8.77. The van der Waals surface area contributed by atoms with Gasteiger partial charge in [0.15, 0.2) is 5.82 Å². The summed E-state index contributed by atoms with van der Waals surface area (Å²) in [5, 5.41) is 11.1. The molecule has 3 heterocycles. The molecule has 1 aliphatic heterocycles. The number of anilines is 1. The second kappa shape index (κ2) is 8.17. The molecule has 31 heavy (non-hydrogen) atoms. The zero-order valence-electron chi connectivity index (χ0n) is 16.8. The lowest BCUT2D eigenvalue weighted by atomic mass is 10.2. The van der Waals surface area contributed by atoms with E-state index in [4.69, 9.17) is 4.74 Å². The number of aryl methyl sites for hydroxylation is 2. The summed E-state index contributed by atoms with van der Waals surface area (Å²) in [5.74, 6) is -1.08. The minimum atomic E-state index is -4.11. The number of amides is 1. The fourth-order valence-electron chi connectivity index (χ4n) is 3.33. The van der Waals surface area contributed by atoms with Crippen LogP contribution in [0.15, 0.2) is 35.7 Å². The van der Waals surface area contributed by atoms with Gasteiger partial charge in [-0.25, -0.2) is 27.2 Å². The van der Waals surface area contributed by atoms with Gasteiger partial charge in [0.1, 0.15) is 29.1 Å². The van der Waals surface area contributed by atoms with E-state index in [0.29, 0.717) is 17.2 Å². The van der Waals surface area contributed by atoms with Gasteiger partial charge in [0.25, 0.3) is 5.91 Å². The van der Waals surface area contributed by atoms with Gasteiger partial charge >= 0.3 is 0 Å². The van der Waals surface area contributed by atoms with Crippen molar-refractivity contribution in [2.45, 2.75) is 11.8 Å². The van der Waals surface area contributed by atoms with Gasteiger partial charge in [0.05, 0.1) is 18.9 Å². The van der Waals surface area contributed by atoms with Crippen LogP contribution in [0.1, 0.15) is 16.1 Å². The highest BCUT2D eigenvalue weighted by Gasteiger charge is 2.30. The van der Waals surface area contributed by atoms with Gasteiger partial charge in [-0.2, -0.15) is 14.5 Å². The average molecular weight is 449 g/mol. The molecule has 0 aliphatic carbocycles. The first kappa shape index (κ1) is 21.1. The number of carbonyl (C=O) groups is 1. The van der Waals surface area contributed by atoms with Crippen LogP contribution in [0.3, 0.4) is 0 Å². The van der Waals surface area contributed by atoms with Crippen molar-refractivity contribution in [1.29, 1.82) is 0 Å². The lowest BCUT2D eigenvalue weighted by molar-refractivity contribution is 0.0729. The number of nitrogens with zero attached hydrogens (tertiary/aromatic N) is 6. The monoisotopic (exact) mass is 449 g/mol. The number of halogens is 1. The minimum Gasteiger partial charge on any atom is -0.379 e. The molecule has 164 valence electrons. The van der Waals surface area contributed by atoms with Gasteiger partial charge in [-0.3, -0.25) is 4.79 Å². The van der Waals surface area contributed by atoms with Crippen molar-refractivity contribution in [3.63, 3.8) is 0 Å². The van der Waals surface area contributed by atoms with E-state index < -0.39 is 26.6 Å². The van der Waals surface area contributed by atoms with Crippen LogP contribution in [-0.2, 0) is 21.8 Å². The van der Waals surface area contributed by atoms with Crippen LogP contribution in [0.2, 0.25) is 0 Å². The first-order valence-electron chi connectivity index (χ1n) is 9.36. The number of hydrogen-bond acceptors (Lipinski definition) is 7. The topological polar surface area (TPSA) is 124 Å². The third-order valence-electron chi connectivity index (χ3n) is 4.85. The van der Waals surface area contributed by atoms with Crippen LogP contribution in [0.4, 0.5) is 10.1 Å². The summed E-state index contributed by atoms with van der Waals surface area (Å²) in [5.41, 5.74) is 0.880. The molecule has 1 aliphatic rings. The van der Waals surface area contributed by atoms with Crippen molar-refractivity contribution < 1.29 is 22.3 Å². The molecule has 13 heteroatoms. The number of rotatable bonds is 5. The van der Waals surface area contributed by atoms with Crippen molar-refractivity contribution >= 4 is 21.6 Å². The standard InChI is InChI=1S/C18H20FN7O4S/c1-12-16(18(24(2)23-12)26-11-20-10-21-26)22-17(27)13-3-4-14(19)15(9-13)31(28,29)25-5-7-30-8-6-25/h3-4,9-11H,5-8H2,1-2H3,(H,22,27). The molecular weight excluding hydrogens is 429 g/mol. The molecule has 2 aromatic heterocycles. The molecule has 0 saturated carbocycles. The van der Waals surface area contributed by atoms with Crippen molar-refractivity contribution in [2.75, 3.05) is 31.6 Å². The molecular formula is C18H20FN7O4S. The van der Waals surface area contributed by atoms with Gasteiger partial charge in [-0.1, -0.05) is 0 Å². The molecule has 0 radical (unpaired) electrons. The SMILES string of the molecule is Cc1nn(C)c(-n2cncn2)c1NC(=O)c1ccc(F)c(S(=O)(=O)N2CCOCC2)c1. The van der Waals surface area contributed by atoms with E-state index in [1.807, 2.05) is 0 Å². The summed E-state index contributed by atoms with van der Waals surface area (Å²) in [6, 6.07) is 3.23. The predicted molar refractivity (Wildman–Crippen MR) is 107 cm³/mol. The molecule has 0 unspecified atom stereocenters. The van der Waals surface area contributed by atoms with Gasteiger partial charge in [0, 0.05) is 25.7 Å². The number of ether oxygens (including phenoxy) is 1. The maximum absolute atomic E-state index is 14.4. The Kier molecular flexibility index (Phi) is 5.56. The first-order chi connectivity index (χ1) is 14.8. The zero-order valence-corrected chi connectivity index (χ0v) is 17.6. The molecule has 1 fully saturated rings. The normalized spacial score (nSPS) is 15.2. The Balaban J connectivity index is 1.66. The van der Waals surface area contributed by atoms with Crippen LogP contribution < -0.4 is 5.32 Å². The molecule has 1 N–H and O–H groups in total. The number of aromatic nitrogens is 5. The second-order valence-electron chi connectivity index (χ2n) is 6.86. The van der Waals surface area contributed by atoms with Crippen LogP contribution >= 0.6 is 0 Å². The maximum atomic E-state index is 14.4. The lowest BCUT2D eigenvalue weighted by Crippen LogP contribution is -2.41. The van der Waals surface area contributed by atoms with Crippen LogP contribution in [0.25, 0.3) is 5.82 Å². The fourth-order valence-corrected chi connectivity index (χ4v) is 4.83. The Morgan fingerprint density at radius 1 is 1.26 bits per heavy atom. The Bertz CT molecular complexity index is 1220. The zero-order chi connectivity index (χ0) is 22.2. The number of benzene rings is 1. The highest BCUT2D eigenvalue weighted by molar-refractivity contribution is 7.89. The van der Waals surface area contributed by atoms with Crippen molar-refractivity contribution in [1.82, 2.24) is 28.9 Å². The maximum Gasteiger partial charge on any atom is 0.255 e. The van der Waals surface area contributed by atoms with Crippen molar-refractivity contribution in [3.8, 4) is 5.82 Å². The third-order valence-corrected chi connectivity index (χ3v) is 6.76. The highest BCUT2D eigenvalue weighted by Crippen LogP contribution is 2.25. The Morgan fingerprint density at radius 3 is 2.68 bits per heavy atom. The molecule has 0 bridgehead atoms. The average Bonchev–Trinajstić information content (AvgIpc) is 3.36. The van der Waals surface area contributed by atoms with E-state index in [-0.39, 0.29) is 31.9 Å². The number of carbonyl (C=O) groups excluding carboxylic acids is 1. The number of nitrogens with one attached hydrogen (secondary N) is 1. The smallest absolute Gasteiger partial charge is 0.255 e. The molecule has 4 rings (SSSR count). The van der Waals surface area contributed by atoms with Gasteiger partial charge < -0.3 is 10.1 Å². The van der Waals surface area contributed by atoms with E-state index in [9.17, 15) is 17.6 Å². The summed E-state index contributed by atoms with van der Waals surface area (Å²) in [7, 11) is -2.42. The minimum absolute atomic E-state index is 0.0129. The highest BCUT2D eigenvalue weighted by atomic mass is 32.2. The summed E-state index contributed by atoms with van der Waals surface area (Å²) in [6.07, 6.45) is 2.80. The predicted octanol–water partition coefficient (Wildman–Crippen LogP) is 0.722. The summed E-state index contributed by atoms with van der Waals surface area (Å²) in [6.45, 7) is 2.40. The molecule has 1 aromatic carbocycles. The van der Waals surface area contributed by atoms with Crippen LogP contribution in [0.5, 0.6) is 0 Å². The number of morpholine rings is 1. The van der Waals surface area contributed by atoms with Gasteiger partial charge in [0.2, 0.25) is 10.0 Å². The summed E-state index contributed by atoms with van der Waals surface area (Å²) < 4.78 is 49.4. The van der Waals surface area contributed by atoms with Gasteiger partial charge in [-0.05, 0) is 25.1 Å². The summed E-state index contributed by atoms with van der Waals surface area (Å²) >= 11 is 0. The molecule has 1 amide bonds. The van der Waals surface area contributed by atoms with E-state index in [2.05, 4.69) is 20.5 Å².